The lowest BCUT2D eigenvalue weighted by molar-refractivity contribution is 0.380. The Morgan fingerprint density at radius 3 is 0.900 bits per heavy atom. The topological polar surface area (TPSA) is 6.48 Å². The fraction of sp³-hybridized carbons (Fsp3) is 0.0526. The lowest BCUT2D eigenvalue weighted by Crippen LogP contribution is -2.18. The molecular weight excluding hydrogens is 674 g/mol. The number of hydrogen-bond donors (Lipinski definition) is 0. The molecule has 50 heavy (non-hydrogen) atoms. The summed E-state index contributed by atoms with van der Waals surface area (Å²) >= 11 is 0. The van der Waals surface area contributed by atoms with E-state index in [-0.39, 0.29) is 22.7 Å². The van der Waals surface area contributed by atoms with Gasteiger partial charge in [0.15, 0.2) is 46.5 Å². The van der Waals surface area contributed by atoms with Gasteiger partial charge in [0.05, 0.1) is 0 Å². The van der Waals surface area contributed by atoms with Crippen LogP contribution in [0.2, 0.25) is 0 Å². The smallest absolute Gasteiger partial charge is 0.200 e. The number of benzene rings is 6. The van der Waals surface area contributed by atoms with Gasteiger partial charge >= 0.3 is 0 Å². The van der Waals surface area contributed by atoms with E-state index >= 15 is 17.6 Å². The van der Waals surface area contributed by atoms with Crippen LogP contribution in [0.5, 0.6) is 0 Å². The van der Waals surface area contributed by atoms with Crippen LogP contribution in [0.4, 0.5) is 78.0 Å². The fourth-order valence-electron chi connectivity index (χ4n) is 5.68. The van der Waals surface area contributed by atoms with Crippen LogP contribution >= 0.6 is 0 Å². The third kappa shape index (κ3) is 5.70. The molecule has 0 saturated heterocycles. The van der Waals surface area contributed by atoms with Crippen molar-refractivity contribution in [2.45, 2.75) is 13.8 Å². The SMILES string of the molecule is Cc1cc(-c2ccc(N(c3ccccc3)c3c(F)c(F)c(F)c(F)c3F)c(C)c2)ccc1N(c1ccccc1)c1c(F)c(F)c(F)c(F)c1F. The quantitative estimate of drug-likeness (QED) is 0.0931. The Balaban J connectivity index is 1.47. The molecule has 0 unspecified atom stereocenters. The van der Waals surface area contributed by atoms with Crippen molar-refractivity contribution in [2.75, 3.05) is 9.80 Å². The molecule has 0 aliphatic heterocycles. The monoisotopic (exact) mass is 696 g/mol. The number of nitrogens with zero attached hydrogens (tertiary/aromatic N) is 2. The second kappa shape index (κ2) is 13.3. The van der Waals surface area contributed by atoms with Gasteiger partial charge in [0, 0.05) is 22.7 Å². The molecule has 0 N–H and O–H groups in total. The molecule has 0 heterocycles. The lowest BCUT2D eigenvalue weighted by Gasteiger charge is -2.29. The molecule has 0 atom stereocenters. The van der Waals surface area contributed by atoms with Gasteiger partial charge in [-0.25, -0.2) is 43.9 Å². The summed E-state index contributed by atoms with van der Waals surface area (Å²) in [4.78, 5) is 1.82. The minimum Gasteiger partial charge on any atom is -0.305 e. The maximum absolute atomic E-state index is 15.1. The number of rotatable bonds is 7. The van der Waals surface area contributed by atoms with Crippen molar-refractivity contribution in [3.8, 4) is 11.1 Å². The summed E-state index contributed by atoms with van der Waals surface area (Å²) in [6.45, 7) is 3.12. The van der Waals surface area contributed by atoms with Gasteiger partial charge < -0.3 is 9.80 Å². The molecule has 6 rings (SSSR count). The Hall–Kier alpha value is -5.78. The average molecular weight is 697 g/mol. The van der Waals surface area contributed by atoms with Crippen molar-refractivity contribution in [3.63, 3.8) is 0 Å². The highest BCUT2D eigenvalue weighted by atomic mass is 19.2. The molecule has 0 fully saturated rings. The number of aryl methyl sites for hydroxylation is 2. The highest BCUT2D eigenvalue weighted by Crippen LogP contribution is 2.44. The average Bonchev–Trinajstić information content (AvgIpc) is 3.13. The lowest BCUT2D eigenvalue weighted by atomic mass is 9.98. The van der Waals surface area contributed by atoms with Crippen LogP contribution in [0, 0.1) is 72.0 Å². The zero-order valence-corrected chi connectivity index (χ0v) is 25.9. The summed E-state index contributed by atoms with van der Waals surface area (Å²) in [5.41, 5.74) is -0.287. The molecule has 2 nitrogen and oxygen atoms in total. The van der Waals surface area contributed by atoms with Crippen LogP contribution in [0.3, 0.4) is 0 Å². The third-order valence-electron chi connectivity index (χ3n) is 8.06. The zero-order valence-electron chi connectivity index (χ0n) is 25.9. The molecule has 12 heteroatoms. The summed E-state index contributed by atoms with van der Waals surface area (Å²) in [5, 5.41) is 0. The number of halogens is 10. The minimum absolute atomic E-state index is 0.0815. The predicted molar refractivity (Wildman–Crippen MR) is 170 cm³/mol. The van der Waals surface area contributed by atoms with Crippen molar-refractivity contribution in [1.82, 2.24) is 0 Å². The zero-order chi connectivity index (χ0) is 36.0. The fourth-order valence-corrected chi connectivity index (χ4v) is 5.68. The maximum Gasteiger partial charge on any atom is 0.200 e. The van der Waals surface area contributed by atoms with Crippen LogP contribution < -0.4 is 9.80 Å². The molecule has 0 aliphatic carbocycles. The van der Waals surface area contributed by atoms with E-state index in [2.05, 4.69) is 0 Å². The first-order valence-corrected chi connectivity index (χ1v) is 14.8. The standard InChI is InChI=1S/C38H22F10N2/c1-19-17-21(13-15-25(19)49(23-9-5-3-6-10-23)37-33(45)29(41)27(39)30(42)34(37)46)22-14-16-26(20(2)18-22)50(24-11-7-4-8-12-24)38-35(47)31(43)28(40)32(44)36(38)48/h3-18H,1-2H3. The van der Waals surface area contributed by atoms with Crippen molar-refractivity contribution >= 4 is 34.1 Å². The van der Waals surface area contributed by atoms with Gasteiger partial charge in [-0.1, -0.05) is 48.5 Å². The number of hydrogen-bond acceptors (Lipinski definition) is 2. The van der Waals surface area contributed by atoms with E-state index in [4.69, 9.17) is 0 Å². The van der Waals surface area contributed by atoms with E-state index in [0.717, 1.165) is 9.80 Å². The molecule has 0 spiro atoms. The Morgan fingerprint density at radius 1 is 0.340 bits per heavy atom. The summed E-state index contributed by atoms with van der Waals surface area (Å²) < 4.78 is 146. The van der Waals surface area contributed by atoms with Crippen LogP contribution in [-0.2, 0) is 0 Å². The number of anilines is 6. The highest BCUT2D eigenvalue weighted by molar-refractivity contribution is 5.84. The van der Waals surface area contributed by atoms with Gasteiger partial charge in [-0.05, 0) is 84.6 Å². The van der Waals surface area contributed by atoms with Crippen molar-refractivity contribution in [2.24, 2.45) is 0 Å². The van der Waals surface area contributed by atoms with Crippen molar-refractivity contribution in [1.29, 1.82) is 0 Å². The molecule has 6 aromatic carbocycles. The van der Waals surface area contributed by atoms with Gasteiger partial charge in [0.25, 0.3) is 0 Å². The van der Waals surface area contributed by atoms with E-state index in [1.165, 1.54) is 72.8 Å². The molecule has 0 amide bonds. The van der Waals surface area contributed by atoms with E-state index in [9.17, 15) is 26.3 Å². The van der Waals surface area contributed by atoms with Crippen molar-refractivity contribution < 1.29 is 43.9 Å². The number of para-hydroxylation sites is 2. The van der Waals surface area contributed by atoms with Crippen LogP contribution in [0.15, 0.2) is 97.1 Å². The van der Waals surface area contributed by atoms with Crippen LogP contribution in [0.25, 0.3) is 11.1 Å². The predicted octanol–water partition coefficient (Wildman–Crippen LogP) is 12.3. The van der Waals surface area contributed by atoms with Gasteiger partial charge in [-0.2, -0.15) is 0 Å². The Kier molecular flexibility index (Phi) is 9.04. The molecular formula is C38H22F10N2. The molecule has 254 valence electrons. The van der Waals surface area contributed by atoms with Gasteiger partial charge in [0.2, 0.25) is 11.6 Å². The molecule has 0 bridgehead atoms. The van der Waals surface area contributed by atoms with Gasteiger partial charge in [-0.15, -0.1) is 0 Å². The maximum atomic E-state index is 15.1. The first-order valence-electron chi connectivity index (χ1n) is 14.8. The first kappa shape index (κ1) is 34.1. The third-order valence-corrected chi connectivity index (χ3v) is 8.06. The van der Waals surface area contributed by atoms with E-state index < -0.39 is 69.5 Å². The van der Waals surface area contributed by atoms with Gasteiger partial charge in [-0.3, -0.25) is 0 Å². The summed E-state index contributed by atoms with van der Waals surface area (Å²) in [6, 6.07) is 24.1. The molecule has 0 radical (unpaired) electrons. The summed E-state index contributed by atoms with van der Waals surface area (Å²) in [5.74, 6) is -21.2. The van der Waals surface area contributed by atoms with Gasteiger partial charge in [0.1, 0.15) is 11.4 Å². The van der Waals surface area contributed by atoms with E-state index in [0.29, 0.717) is 22.3 Å². The largest absolute Gasteiger partial charge is 0.305 e. The Labute approximate surface area is 279 Å². The molecule has 0 aliphatic rings. The second-order valence-corrected chi connectivity index (χ2v) is 11.2. The normalized spacial score (nSPS) is 11.2. The molecule has 0 saturated carbocycles. The van der Waals surface area contributed by atoms with E-state index in [1.807, 2.05) is 0 Å². The highest BCUT2D eigenvalue weighted by Gasteiger charge is 2.33. The van der Waals surface area contributed by atoms with Crippen molar-refractivity contribution in [3.05, 3.63) is 166 Å². The summed E-state index contributed by atoms with van der Waals surface area (Å²) in [6.07, 6.45) is 0. The molecule has 6 aromatic rings. The Morgan fingerprint density at radius 2 is 0.620 bits per heavy atom. The van der Waals surface area contributed by atoms with Crippen LogP contribution in [-0.4, -0.2) is 0 Å². The molecule has 0 aromatic heterocycles. The summed E-state index contributed by atoms with van der Waals surface area (Å²) in [7, 11) is 0. The van der Waals surface area contributed by atoms with E-state index in [1.54, 1.807) is 38.1 Å². The second-order valence-electron chi connectivity index (χ2n) is 11.2. The minimum atomic E-state index is -2.30. The Bertz CT molecular complexity index is 2040. The first-order chi connectivity index (χ1) is 23.8. The van der Waals surface area contributed by atoms with Crippen LogP contribution in [0.1, 0.15) is 11.1 Å².